The van der Waals surface area contributed by atoms with Crippen molar-refractivity contribution >= 4 is 46.6 Å². The van der Waals surface area contributed by atoms with Gasteiger partial charge in [0, 0.05) is 6.54 Å². The van der Waals surface area contributed by atoms with Gasteiger partial charge in [0.15, 0.2) is 17.6 Å². The molecule has 282 valence electrons. The number of thiophene rings is 2. The lowest BCUT2D eigenvalue weighted by atomic mass is 9.77. The molecule has 14 heteroatoms. The standard InChI is InChI=1S/C39H43NO11S2/c1-37(2,50-34(42)29-9-5-17-52-29)12-7-14-39(22-31(41)46-4,51-35(43)30-10-6-18-53-30)36(44)49-33-28(45-3)21-38-13-8-15-40(38)16-11-24-19-26-27(48-23-47-26)20-25(24)32(33)38/h5-6,9-10,17-21,32-33H,7-8,11-16,22-23H2,1-4H3/t32-,33-,38+,39-/m1/s1. The van der Waals surface area contributed by atoms with Crippen molar-refractivity contribution in [3.63, 3.8) is 0 Å². The zero-order valence-corrected chi connectivity index (χ0v) is 31.8. The highest BCUT2D eigenvalue weighted by atomic mass is 32.1. The fraction of sp³-hybridized carbons (Fsp3) is 0.487. The molecule has 5 heterocycles. The molecule has 3 aromatic rings. The molecule has 1 spiro atoms. The minimum atomic E-state index is -2.09. The molecule has 1 aromatic carbocycles. The molecule has 1 fully saturated rings. The highest BCUT2D eigenvalue weighted by molar-refractivity contribution is 7.12. The van der Waals surface area contributed by atoms with Crippen molar-refractivity contribution in [2.24, 2.45) is 0 Å². The van der Waals surface area contributed by atoms with Crippen molar-refractivity contribution in [3.05, 3.63) is 79.9 Å². The van der Waals surface area contributed by atoms with E-state index in [-0.39, 0.29) is 30.9 Å². The number of methoxy groups -OCH3 is 2. The number of hydrogen-bond donors (Lipinski definition) is 0. The Balaban J connectivity index is 1.23. The maximum atomic E-state index is 14.9. The molecule has 12 nitrogen and oxygen atoms in total. The molecular weight excluding hydrogens is 723 g/mol. The van der Waals surface area contributed by atoms with Crippen LogP contribution in [0.1, 0.15) is 88.8 Å². The number of nitrogens with zero attached hydrogens (tertiary/aromatic N) is 1. The van der Waals surface area contributed by atoms with Crippen LogP contribution in [-0.4, -0.2) is 85.7 Å². The van der Waals surface area contributed by atoms with Crippen LogP contribution < -0.4 is 9.47 Å². The van der Waals surface area contributed by atoms with E-state index in [2.05, 4.69) is 11.0 Å². The van der Waals surface area contributed by atoms with Crippen LogP contribution in [-0.2, 0) is 39.7 Å². The van der Waals surface area contributed by atoms with Crippen molar-refractivity contribution in [2.75, 3.05) is 34.1 Å². The molecule has 0 amide bonds. The number of fused-ring (bicyclic) bond motifs is 3. The summed E-state index contributed by atoms with van der Waals surface area (Å²) < 4.78 is 41.0. The van der Waals surface area contributed by atoms with Crippen LogP contribution in [0.4, 0.5) is 0 Å². The molecule has 0 N–H and O–H groups in total. The SMILES string of the molecule is COC(=O)C[C@@](CCCC(C)(C)OC(=O)c1cccs1)(OC(=O)c1cccs1)C(=O)O[C@@H]1C(OC)=C[C@]23CCCN2CCc2cc4c(cc2[C@H]13)OCO4. The van der Waals surface area contributed by atoms with Crippen molar-refractivity contribution in [1.82, 2.24) is 4.90 Å². The van der Waals surface area contributed by atoms with Crippen molar-refractivity contribution in [3.8, 4) is 11.5 Å². The summed E-state index contributed by atoms with van der Waals surface area (Å²) in [5, 5.41) is 3.51. The average molecular weight is 766 g/mol. The molecule has 4 atom stereocenters. The van der Waals surface area contributed by atoms with Crippen LogP contribution in [0.3, 0.4) is 0 Å². The molecule has 0 saturated carbocycles. The van der Waals surface area contributed by atoms with Crippen molar-refractivity contribution < 1.29 is 52.3 Å². The Morgan fingerprint density at radius 2 is 1.64 bits per heavy atom. The van der Waals surface area contributed by atoms with Crippen LogP contribution in [0.15, 0.2) is 59.0 Å². The van der Waals surface area contributed by atoms with Gasteiger partial charge in [0.2, 0.25) is 12.4 Å². The lowest BCUT2D eigenvalue weighted by Gasteiger charge is -2.40. The van der Waals surface area contributed by atoms with E-state index in [1.807, 2.05) is 12.1 Å². The van der Waals surface area contributed by atoms with Crippen LogP contribution in [0.25, 0.3) is 0 Å². The zero-order valence-electron chi connectivity index (χ0n) is 30.2. The highest BCUT2D eigenvalue weighted by Crippen LogP contribution is 2.56. The number of carbonyl (C=O) groups is 4. The van der Waals surface area contributed by atoms with Gasteiger partial charge in [-0.1, -0.05) is 12.1 Å². The van der Waals surface area contributed by atoms with Gasteiger partial charge in [-0.25, -0.2) is 14.4 Å². The minimum Gasteiger partial charge on any atom is -0.497 e. The maximum absolute atomic E-state index is 14.9. The number of carbonyl (C=O) groups excluding carboxylic acids is 4. The van der Waals surface area contributed by atoms with Gasteiger partial charge in [-0.15, -0.1) is 22.7 Å². The number of ether oxygens (including phenoxy) is 7. The summed E-state index contributed by atoms with van der Waals surface area (Å²) >= 11 is 2.43. The van der Waals surface area contributed by atoms with E-state index in [1.165, 1.54) is 18.4 Å². The normalized spacial score (nSPS) is 22.7. The van der Waals surface area contributed by atoms with Gasteiger partial charge < -0.3 is 33.2 Å². The van der Waals surface area contributed by atoms with Gasteiger partial charge in [-0.05, 0) is 111 Å². The van der Waals surface area contributed by atoms with Crippen LogP contribution in [0.2, 0.25) is 0 Å². The third-order valence-electron chi connectivity index (χ3n) is 10.7. The number of esters is 4. The third-order valence-corrected chi connectivity index (χ3v) is 12.4. The number of rotatable bonds is 13. The van der Waals surface area contributed by atoms with Crippen LogP contribution in [0, 0.1) is 0 Å². The second kappa shape index (κ2) is 14.8. The first-order valence-corrected chi connectivity index (χ1v) is 19.5. The maximum Gasteiger partial charge on any atom is 0.352 e. The molecular formula is C39H43NO11S2. The first-order chi connectivity index (χ1) is 25.5. The average Bonchev–Trinajstić information content (AvgIpc) is 3.98. The van der Waals surface area contributed by atoms with Crippen LogP contribution >= 0.6 is 22.7 Å². The molecule has 0 bridgehead atoms. The Bertz CT molecular complexity index is 1890. The highest BCUT2D eigenvalue weighted by Gasteiger charge is 2.59. The van der Waals surface area contributed by atoms with E-state index in [1.54, 1.807) is 56.0 Å². The summed E-state index contributed by atoms with van der Waals surface area (Å²) in [4.78, 5) is 57.7. The van der Waals surface area contributed by atoms with Crippen molar-refractivity contribution in [2.45, 2.75) is 87.6 Å². The number of hydrogen-bond acceptors (Lipinski definition) is 14. The molecule has 7 rings (SSSR count). The second-order valence-electron chi connectivity index (χ2n) is 14.4. The molecule has 2 aromatic heterocycles. The molecule has 0 radical (unpaired) electrons. The topological polar surface area (TPSA) is 136 Å². The van der Waals surface area contributed by atoms with E-state index in [0.717, 1.165) is 54.8 Å². The fourth-order valence-corrected chi connectivity index (χ4v) is 9.38. The lowest BCUT2D eigenvalue weighted by Crippen LogP contribution is -2.51. The van der Waals surface area contributed by atoms with Gasteiger partial charge in [-0.2, -0.15) is 0 Å². The van der Waals surface area contributed by atoms with Crippen LogP contribution in [0.5, 0.6) is 11.5 Å². The monoisotopic (exact) mass is 765 g/mol. The smallest absolute Gasteiger partial charge is 0.352 e. The molecule has 3 aliphatic heterocycles. The summed E-state index contributed by atoms with van der Waals surface area (Å²) in [6.45, 7) is 5.31. The molecule has 0 unspecified atom stereocenters. The van der Waals surface area contributed by atoms with E-state index < -0.39 is 59.1 Å². The Morgan fingerprint density at radius 3 is 2.30 bits per heavy atom. The quantitative estimate of drug-likeness (QED) is 0.140. The van der Waals surface area contributed by atoms with E-state index in [0.29, 0.717) is 22.1 Å². The van der Waals surface area contributed by atoms with E-state index >= 15 is 0 Å². The summed E-state index contributed by atoms with van der Waals surface area (Å²) in [6.07, 6.45) is 3.47. The lowest BCUT2D eigenvalue weighted by molar-refractivity contribution is -0.179. The Hall–Kier alpha value is -4.40. The van der Waals surface area contributed by atoms with Gasteiger partial charge in [0.25, 0.3) is 0 Å². The van der Waals surface area contributed by atoms with Gasteiger partial charge >= 0.3 is 23.9 Å². The Morgan fingerprint density at radius 1 is 0.943 bits per heavy atom. The molecule has 1 saturated heterocycles. The van der Waals surface area contributed by atoms with Gasteiger partial charge in [0.05, 0.1) is 32.1 Å². The summed E-state index contributed by atoms with van der Waals surface area (Å²) in [5.74, 6) is -1.53. The number of benzene rings is 1. The molecule has 1 aliphatic carbocycles. The summed E-state index contributed by atoms with van der Waals surface area (Å²) in [5.41, 5.74) is -1.53. The first kappa shape index (κ1) is 36.9. The fourth-order valence-electron chi connectivity index (χ4n) is 8.18. The van der Waals surface area contributed by atoms with E-state index in [4.69, 9.17) is 33.2 Å². The Kier molecular flexibility index (Phi) is 10.3. The zero-order chi connectivity index (χ0) is 37.4. The largest absolute Gasteiger partial charge is 0.497 e. The molecule has 4 aliphatic rings. The van der Waals surface area contributed by atoms with Crippen molar-refractivity contribution in [1.29, 1.82) is 0 Å². The van der Waals surface area contributed by atoms with Gasteiger partial charge in [-0.3, -0.25) is 9.69 Å². The first-order valence-electron chi connectivity index (χ1n) is 17.7. The predicted molar refractivity (Wildman–Crippen MR) is 194 cm³/mol. The summed E-state index contributed by atoms with van der Waals surface area (Å²) in [7, 11) is 2.76. The predicted octanol–water partition coefficient (Wildman–Crippen LogP) is 6.43. The van der Waals surface area contributed by atoms with E-state index in [9.17, 15) is 19.2 Å². The third kappa shape index (κ3) is 7.16. The minimum absolute atomic E-state index is 0.117. The Labute approximate surface area is 315 Å². The van der Waals surface area contributed by atoms with Gasteiger partial charge in [0.1, 0.15) is 21.1 Å². The molecule has 53 heavy (non-hydrogen) atoms. The second-order valence-corrected chi connectivity index (χ2v) is 16.3. The summed E-state index contributed by atoms with van der Waals surface area (Å²) in [6, 6.07) is 10.7.